The number of benzene rings is 1. The summed E-state index contributed by atoms with van der Waals surface area (Å²) in [6.07, 6.45) is 0.539. The van der Waals surface area contributed by atoms with Gasteiger partial charge in [0.1, 0.15) is 0 Å². The van der Waals surface area contributed by atoms with Crippen molar-refractivity contribution in [3.05, 3.63) is 34.3 Å². The SMILES string of the molecule is CC(C(=O)N(C)C1CCS(=O)(=O)C1)c1ccc(Br)cc1. The molecule has 1 amide bonds. The van der Waals surface area contributed by atoms with Crippen LogP contribution in [0.5, 0.6) is 0 Å². The predicted molar refractivity (Wildman–Crippen MR) is 82.4 cm³/mol. The molecule has 1 aromatic carbocycles. The van der Waals surface area contributed by atoms with E-state index in [2.05, 4.69) is 15.9 Å². The zero-order valence-corrected chi connectivity index (χ0v) is 13.9. The van der Waals surface area contributed by atoms with E-state index in [-0.39, 0.29) is 29.4 Å². The zero-order valence-electron chi connectivity index (χ0n) is 11.5. The largest absolute Gasteiger partial charge is 0.341 e. The Morgan fingerprint density at radius 3 is 2.45 bits per heavy atom. The molecule has 110 valence electrons. The van der Waals surface area contributed by atoms with Crippen molar-refractivity contribution < 1.29 is 13.2 Å². The first kappa shape index (κ1) is 15.5. The third-order valence-corrected chi connectivity index (χ3v) is 6.12. The summed E-state index contributed by atoms with van der Waals surface area (Å²) < 4.78 is 24.0. The number of nitrogens with zero attached hydrogens (tertiary/aromatic N) is 1. The first-order valence-electron chi connectivity index (χ1n) is 6.53. The Balaban J connectivity index is 2.09. The maximum absolute atomic E-state index is 12.4. The molecular formula is C14H18BrNO3S. The van der Waals surface area contributed by atoms with Crippen LogP contribution in [0.4, 0.5) is 0 Å². The van der Waals surface area contributed by atoms with Gasteiger partial charge in [-0.25, -0.2) is 8.42 Å². The van der Waals surface area contributed by atoms with Crippen molar-refractivity contribution in [1.82, 2.24) is 4.90 Å². The minimum atomic E-state index is -2.97. The topological polar surface area (TPSA) is 54.5 Å². The maximum Gasteiger partial charge on any atom is 0.229 e. The molecule has 4 nitrogen and oxygen atoms in total. The summed E-state index contributed by atoms with van der Waals surface area (Å²) >= 11 is 3.36. The second-order valence-electron chi connectivity index (χ2n) is 5.28. The first-order chi connectivity index (χ1) is 9.30. The van der Waals surface area contributed by atoms with Crippen LogP contribution in [0.3, 0.4) is 0 Å². The molecule has 0 aromatic heterocycles. The van der Waals surface area contributed by atoms with Crippen LogP contribution < -0.4 is 0 Å². The van der Waals surface area contributed by atoms with Crippen LogP contribution >= 0.6 is 15.9 Å². The molecule has 1 aromatic rings. The van der Waals surface area contributed by atoms with Gasteiger partial charge in [-0.05, 0) is 31.0 Å². The number of sulfone groups is 1. The molecular weight excluding hydrogens is 342 g/mol. The molecule has 0 aliphatic carbocycles. The summed E-state index contributed by atoms with van der Waals surface area (Å²) in [4.78, 5) is 14.0. The fourth-order valence-corrected chi connectivity index (χ4v) is 4.50. The average molecular weight is 360 g/mol. The van der Waals surface area contributed by atoms with Crippen molar-refractivity contribution in [3.8, 4) is 0 Å². The third-order valence-electron chi connectivity index (χ3n) is 3.84. The number of carbonyl (C=O) groups excluding carboxylic acids is 1. The third kappa shape index (κ3) is 3.41. The van der Waals surface area contributed by atoms with Crippen LogP contribution in [0.1, 0.15) is 24.8 Å². The number of hydrogen-bond donors (Lipinski definition) is 0. The molecule has 0 saturated carbocycles. The molecule has 2 atom stereocenters. The number of likely N-dealkylation sites (N-methyl/N-ethyl adjacent to an activating group) is 1. The molecule has 1 fully saturated rings. The van der Waals surface area contributed by atoms with Gasteiger partial charge >= 0.3 is 0 Å². The van der Waals surface area contributed by atoms with Gasteiger partial charge in [-0.2, -0.15) is 0 Å². The van der Waals surface area contributed by atoms with Crippen LogP contribution in [-0.2, 0) is 14.6 Å². The molecule has 1 saturated heterocycles. The van der Waals surface area contributed by atoms with E-state index in [1.807, 2.05) is 31.2 Å². The highest BCUT2D eigenvalue weighted by atomic mass is 79.9. The Morgan fingerprint density at radius 2 is 1.95 bits per heavy atom. The Hall–Kier alpha value is -0.880. The number of carbonyl (C=O) groups is 1. The Morgan fingerprint density at radius 1 is 1.35 bits per heavy atom. The predicted octanol–water partition coefficient (Wildman–Crippen LogP) is 2.20. The van der Waals surface area contributed by atoms with E-state index in [1.165, 1.54) is 0 Å². The molecule has 0 bridgehead atoms. The van der Waals surface area contributed by atoms with Gasteiger partial charge in [0.05, 0.1) is 17.4 Å². The van der Waals surface area contributed by atoms with Crippen LogP contribution in [0.15, 0.2) is 28.7 Å². The minimum Gasteiger partial charge on any atom is -0.341 e. The van der Waals surface area contributed by atoms with Crippen LogP contribution in [0.2, 0.25) is 0 Å². The molecule has 2 rings (SSSR count). The van der Waals surface area contributed by atoms with E-state index in [1.54, 1.807) is 11.9 Å². The minimum absolute atomic E-state index is 0.0329. The van der Waals surface area contributed by atoms with Crippen molar-refractivity contribution in [1.29, 1.82) is 0 Å². The molecule has 6 heteroatoms. The monoisotopic (exact) mass is 359 g/mol. The first-order valence-corrected chi connectivity index (χ1v) is 9.14. The standard InChI is InChI=1S/C14H18BrNO3S/c1-10(11-3-5-12(15)6-4-11)14(17)16(2)13-7-8-20(18,19)9-13/h3-6,10,13H,7-9H2,1-2H3. The van der Waals surface area contributed by atoms with Crippen molar-refractivity contribution in [2.24, 2.45) is 0 Å². The lowest BCUT2D eigenvalue weighted by Gasteiger charge is -2.26. The van der Waals surface area contributed by atoms with Crippen molar-refractivity contribution in [2.45, 2.75) is 25.3 Å². The number of amides is 1. The Bertz CT molecular complexity index is 597. The van der Waals surface area contributed by atoms with Crippen molar-refractivity contribution in [3.63, 3.8) is 0 Å². The fourth-order valence-electron chi connectivity index (χ4n) is 2.46. The second-order valence-corrected chi connectivity index (χ2v) is 8.42. The van der Waals surface area contributed by atoms with E-state index < -0.39 is 9.84 Å². The lowest BCUT2D eigenvalue weighted by atomic mass is 9.99. The fraction of sp³-hybridized carbons (Fsp3) is 0.500. The van der Waals surface area contributed by atoms with Gasteiger partial charge in [0.25, 0.3) is 0 Å². The number of halogens is 1. The summed E-state index contributed by atoms with van der Waals surface area (Å²) in [5.74, 6) is -0.0321. The van der Waals surface area contributed by atoms with Crippen molar-refractivity contribution >= 4 is 31.7 Å². The van der Waals surface area contributed by atoms with Crippen molar-refractivity contribution in [2.75, 3.05) is 18.6 Å². The van der Waals surface area contributed by atoms with E-state index in [0.717, 1.165) is 10.0 Å². The highest BCUT2D eigenvalue weighted by Gasteiger charge is 2.34. The van der Waals surface area contributed by atoms with E-state index >= 15 is 0 Å². The van der Waals surface area contributed by atoms with Gasteiger partial charge in [0.15, 0.2) is 9.84 Å². The summed E-state index contributed by atoms with van der Waals surface area (Å²) in [5, 5.41) is 0. The molecule has 20 heavy (non-hydrogen) atoms. The highest BCUT2D eigenvalue weighted by molar-refractivity contribution is 9.10. The van der Waals surface area contributed by atoms with Crippen LogP contribution in [0.25, 0.3) is 0 Å². The second kappa shape index (κ2) is 5.85. The van der Waals surface area contributed by atoms with E-state index in [4.69, 9.17) is 0 Å². The molecule has 0 radical (unpaired) electrons. The lowest BCUT2D eigenvalue weighted by Crippen LogP contribution is -2.40. The molecule has 2 unspecified atom stereocenters. The van der Waals surface area contributed by atoms with Gasteiger partial charge in [0.2, 0.25) is 5.91 Å². The average Bonchev–Trinajstić information content (AvgIpc) is 2.77. The Kier molecular flexibility index (Phi) is 4.54. The summed E-state index contributed by atoms with van der Waals surface area (Å²) in [5.41, 5.74) is 0.936. The normalized spacial score (nSPS) is 22.4. The summed E-state index contributed by atoms with van der Waals surface area (Å²) in [6, 6.07) is 7.43. The quantitative estimate of drug-likeness (QED) is 0.831. The van der Waals surface area contributed by atoms with Gasteiger partial charge in [-0.1, -0.05) is 28.1 Å². The summed E-state index contributed by atoms with van der Waals surface area (Å²) in [7, 11) is -1.27. The maximum atomic E-state index is 12.4. The van der Waals surface area contributed by atoms with Gasteiger partial charge in [-0.3, -0.25) is 4.79 Å². The highest BCUT2D eigenvalue weighted by Crippen LogP contribution is 2.23. The smallest absolute Gasteiger partial charge is 0.229 e. The molecule has 0 N–H and O–H groups in total. The van der Waals surface area contributed by atoms with Gasteiger partial charge in [-0.15, -0.1) is 0 Å². The number of rotatable bonds is 3. The molecule has 1 aliphatic heterocycles. The van der Waals surface area contributed by atoms with Gasteiger partial charge < -0.3 is 4.90 Å². The lowest BCUT2D eigenvalue weighted by molar-refractivity contribution is -0.132. The van der Waals surface area contributed by atoms with Gasteiger partial charge in [0, 0.05) is 17.6 Å². The van der Waals surface area contributed by atoms with Crippen LogP contribution in [-0.4, -0.2) is 43.8 Å². The Labute approximate surface area is 128 Å². The summed E-state index contributed by atoms with van der Waals surface area (Å²) in [6.45, 7) is 1.85. The van der Waals surface area contributed by atoms with Crippen LogP contribution in [0, 0.1) is 0 Å². The molecule has 1 aliphatic rings. The van der Waals surface area contributed by atoms with E-state index in [0.29, 0.717) is 6.42 Å². The zero-order chi connectivity index (χ0) is 14.9. The number of hydrogen-bond acceptors (Lipinski definition) is 3. The van der Waals surface area contributed by atoms with E-state index in [9.17, 15) is 13.2 Å². The molecule has 0 spiro atoms. The molecule has 1 heterocycles.